The van der Waals surface area contributed by atoms with E-state index in [1.54, 1.807) is 17.8 Å². The highest BCUT2D eigenvalue weighted by atomic mass is 32.2. The van der Waals surface area contributed by atoms with Crippen LogP contribution in [-0.4, -0.2) is 23.1 Å². The average Bonchev–Trinajstić information content (AvgIpc) is 3.11. The van der Waals surface area contributed by atoms with Gasteiger partial charge in [0.05, 0.1) is 11.4 Å². The molecule has 0 saturated carbocycles. The molecule has 0 saturated heterocycles. The molecule has 8 heteroatoms. The minimum absolute atomic E-state index is 0.0472. The summed E-state index contributed by atoms with van der Waals surface area (Å²) in [5.41, 5.74) is 3.49. The van der Waals surface area contributed by atoms with E-state index in [9.17, 15) is 9.36 Å². The van der Waals surface area contributed by atoms with E-state index in [0.717, 1.165) is 16.7 Å². The second-order valence-corrected chi connectivity index (χ2v) is 8.99. The summed E-state index contributed by atoms with van der Waals surface area (Å²) in [5.74, 6) is 7.03. The summed E-state index contributed by atoms with van der Waals surface area (Å²) in [6.45, 7) is 2.08. The number of Topliss-reactive ketones (excluding diaryl/α,β-unsaturated/α-hetero) is 1. The van der Waals surface area contributed by atoms with Gasteiger partial charge < -0.3 is 9.47 Å². The van der Waals surface area contributed by atoms with Crippen LogP contribution in [0, 0.1) is 0 Å². The van der Waals surface area contributed by atoms with Crippen LogP contribution in [0.5, 0.6) is 11.5 Å². The number of ketones is 1. The molecule has 0 spiro atoms. The molecule has 4 rings (SSSR count). The number of hydrogen-bond acceptors (Lipinski definition) is 7. The number of nitrogens with two attached hydrogens (primary N) is 1. The van der Waals surface area contributed by atoms with Gasteiger partial charge >= 0.3 is 0 Å². The maximum absolute atomic E-state index is 12.9. The maximum Gasteiger partial charge on any atom is 0.231 e. The third-order valence-electron chi connectivity index (χ3n) is 5.07. The molecule has 2 N–H and O–H groups in total. The summed E-state index contributed by atoms with van der Waals surface area (Å²) in [6.07, 6.45) is 0.712. The minimum atomic E-state index is -0.379. The quantitative estimate of drug-likeness (QED) is 0.580. The molecular formula is C20H20NO5PS. The zero-order valence-electron chi connectivity index (χ0n) is 15.3. The molecule has 2 aliphatic heterocycles. The zero-order valence-corrected chi connectivity index (χ0v) is 17.0. The van der Waals surface area contributed by atoms with Crippen molar-refractivity contribution in [3.63, 3.8) is 0 Å². The monoisotopic (exact) mass is 417 g/mol. The second kappa shape index (κ2) is 8.21. The molecule has 0 amide bonds. The van der Waals surface area contributed by atoms with Crippen LogP contribution in [0.2, 0.25) is 0 Å². The van der Waals surface area contributed by atoms with E-state index in [1.165, 1.54) is 0 Å². The van der Waals surface area contributed by atoms with Gasteiger partial charge in [-0.05, 0) is 42.2 Å². The van der Waals surface area contributed by atoms with Gasteiger partial charge in [-0.3, -0.25) is 14.2 Å². The Labute approximate surface area is 168 Å². The van der Waals surface area contributed by atoms with Crippen molar-refractivity contribution in [1.29, 1.82) is 0 Å². The van der Waals surface area contributed by atoms with Crippen LogP contribution in [0.25, 0.3) is 0 Å². The van der Waals surface area contributed by atoms with Gasteiger partial charge in [0.25, 0.3) is 0 Å². The predicted octanol–water partition coefficient (Wildman–Crippen LogP) is 4.07. The van der Waals surface area contributed by atoms with Gasteiger partial charge in [0.1, 0.15) is 6.10 Å². The standard InChI is InChI=1S/C20H20NO5PS/c1-11-19(22)15-8-17-16(24-10-25-17)6-14(15)7-18(28-11)20(26-21)13-4-2-12(3-5-13)9-27-23/h2-6,8,11,18,20H,7,9-10,21H2,1H3/t11-,18?,20?/m0/s1. The number of hydrogen-bond donors (Lipinski definition) is 1. The number of fused-ring (bicyclic) bond motifs is 2. The van der Waals surface area contributed by atoms with Crippen molar-refractivity contribution in [1.82, 2.24) is 0 Å². The first-order valence-electron chi connectivity index (χ1n) is 8.96. The Bertz CT molecular complexity index is 904. The molecule has 2 aromatic rings. The molecule has 0 fully saturated rings. The molecule has 3 atom stereocenters. The lowest BCUT2D eigenvalue weighted by Gasteiger charge is -2.25. The van der Waals surface area contributed by atoms with E-state index in [2.05, 4.69) is 0 Å². The summed E-state index contributed by atoms with van der Waals surface area (Å²) < 4.78 is 21.7. The Morgan fingerprint density at radius 1 is 1.25 bits per heavy atom. The molecule has 2 heterocycles. The second-order valence-electron chi connectivity index (χ2n) is 6.83. The van der Waals surface area contributed by atoms with Crippen LogP contribution in [-0.2, 0) is 22.0 Å². The van der Waals surface area contributed by atoms with Crippen molar-refractivity contribution >= 4 is 26.0 Å². The van der Waals surface area contributed by atoms with E-state index in [0.29, 0.717) is 29.6 Å². The number of thioether (sulfide) groups is 1. The van der Waals surface area contributed by atoms with Crippen molar-refractivity contribution in [2.24, 2.45) is 5.90 Å². The Morgan fingerprint density at radius 3 is 2.64 bits per heavy atom. The van der Waals surface area contributed by atoms with E-state index in [-0.39, 0.29) is 37.6 Å². The van der Waals surface area contributed by atoms with Crippen LogP contribution in [0.1, 0.15) is 40.1 Å². The fourth-order valence-electron chi connectivity index (χ4n) is 3.64. The summed E-state index contributed by atoms with van der Waals surface area (Å²) >= 11 is 1.56. The Kier molecular flexibility index (Phi) is 5.69. The number of benzene rings is 2. The Hall–Kier alpha value is -1.92. The van der Waals surface area contributed by atoms with Crippen LogP contribution in [0.4, 0.5) is 0 Å². The van der Waals surface area contributed by atoms with Crippen molar-refractivity contribution in [3.8, 4) is 11.5 Å². The van der Waals surface area contributed by atoms with Gasteiger partial charge in [-0.15, -0.1) is 11.8 Å². The Balaban J connectivity index is 1.66. The first kappa shape index (κ1) is 19.4. The van der Waals surface area contributed by atoms with E-state index >= 15 is 0 Å². The van der Waals surface area contributed by atoms with Gasteiger partial charge in [-0.2, -0.15) is 0 Å². The van der Waals surface area contributed by atoms with Crippen LogP contribution in [0.3, 0.4) is 0 Å². The largest absolute Gasteiger partial charge is 0.454 e. The van der Waals surface area contributed by atoms with E-state index in [4.69, 9.17) is 20.2 Å². The van der Waals surface area contributed by atoms with Gasteiger partial charge in [0.2, 0.25) is 6.79 Å². The Morgan fingerprint density at radius 2 is 1.96 bits per heavy atom. The maximum atomic E-state index is 12.9. The highest BCUT2D eigenvalue weighted by molar-refractivity contribution is 8.01. The molecule has 28 heavy (non-hydrogen) atoms. The molecule has 2 aromatic carbocycles. The van der Waals surface area contributed by atoms with Crippen LogP contribution < -0.4 is 15.4 Å². The first-order valence-corrected chi connectivity index (χ1v) is 10.9. The van der Waals surface area contributed by atoms with Crippen LogP contribution in [0.15, 0.2) is 36.4 Å². The molecule has 0 bridgehead atoms. The molecule has 0 radical (unpaired) electrons. The average molecular weight is 417 g/mol. The normalized spacial score (nSPS) is 22.0. The lowest BCUT2D eigenvalue weighted by molar-refractivity contribution is 0.0510. The molecular weight excluding hydrogens is 397 g/mol. The van der Waals surface area contributed by atoms with Gasteiger partial charge in [0.15, 0.2) is 25.7 Å². The molecule has 0 aromatic heterocycles. The van der Waals surface area contributed by atoms with Crippen LogP contribution >= 0.6 is 20.2 Å². The predicted molar refractivity (Wildman–Crippen MR) is 107 cm³/mol. The highest BCUT2D eigenvalue weighted by Gasteiger charge is 2.35. The zero-order chi connectivity index (χ0) is 19.7. The summed E-state index contributed by atoms with van der Waals surface area (Å²) in [7, 11) is 0.0877. The number of carbonyl (C=O) groups excluding carboxylic acids is 1. The summed E-state index contributed by atoms with van der Waals surface area (Å²) in [6, 6.07) is 11.4. The molecule has 146 valence electrons. The van der Waals surface area contributed by atoms with E-state index < -0.39 is 0 Å². The molecule has 2 aliphatic rings. The van der Waals surface area contributed by atoms with Crippen molar-refractivity contribution < 1.29 is 23.7 Å². The fourth-order valence-corrected chi connectivity index (χ4v) is 5.41. The number of carbonyl (C=O) groups is 1. The number of ether oxygens (including phenoxy) is 2. The molecule has 2 unspecified atom stereocenters. The van der Waals surface area contributed by atoms with Crippen molar-refractivity contribution in [3.05, 3.63) is 58.7 Å². The third kappa shape index (κ3) is 3.67. The summed E-state index contributed by atoms with van der Waals surface area (Å²) in [4.78, 5) is 18.3. The van der Waals surface area contributed by atoms with E-state index in [1.807, 2.05) is 37.3 Å². The minimum Gasteiger partial charge on any atom is -0.454 e. The highest BCUT2D eigenvalue weighted by Crippen LogP contribution is 2.42. The summed E-state index contributed by atoms with van der Waals surface area (Å²) in [5, 5.41) is -0.281. The van der Waals surface area contributed by atoms with Crippen molar-refractivity contribution in [2.75, 3.05) is 6.79 Å². The van der Waals surface area contributed by atoms with Gasteiger partial charge in [-0.1, -0.05) is 24.3 Å². The lowest BCUT2D eigenvalue weighted by atomic mass is 9.94. The van der Waals surface area contributed by atoms with Gasteiger partial charge in [0, 0.05) is 10.8 Å². The van der Waals surface area contributed by atoms with Gasteiger partial charge in [-0.25, -0.2) is 5.90 Å². The molecule has 6 nitrogen and oxygen atoms in total. The fraction of sp³-hybridized carbons (Fsp3) is 0.350. The molecule has 0 aliphatic carbocycles. The SMILES string of the molecule is C[C@@H]1SC(C(ON)c2ccc(CP=O)cc2)Cc2cc3c(cc2C1=O)OCO3. The van der Waals surface area contributed by atoms with Crippen molar-refractivity contribution in [2.45, 2.75) is 36.1 Å². The smallest absolute Gasteiger partial charge is 0.231 e. The first-order chi connectivity index (χ1) is 13.6. The lowest BCUT2D eigenvalue weighted by Crippen LogP contribution is -2.25. The number of rotatable bonds is 5. The topological polar surface area (TPSA) is 87.9 Å². The third-order valence-corrected chi connectivity index (χ3v) is 6.95.